The summed E-state index contributed by atoms with van der Waals surface area (Å²) in [5, 5.41) is -0.462. The summed E-state index contributed by atoms with van der Waals surface area (Å²) in [5.41, 5.74) is 3.68. The number of piperidine rings is 1. The number of benzene rings is 2. The van der Waals surface area contributed by atoms with Gasteiger partial charge in [0.05, 0.1) is 0 Å². The molecule has 4 rings (SSSR count). The van der Waals surface area contributed by atoms with Crippen LogP contribution in [-0.4, -0.2) is 35.6 Å². The van der Waals surface area contributed by atoms with Gasteiger partial charge in [-0.25, -0.2) is 0 Å². The molecule has 1 saturated heterocycles. The number of hydrogen-bond acceptors (Lipinski definition) is 3. The van der Waals surface area contributed by atoms with Crippen molar-refractivity contribution in [2.75, 3.05) is 19.6 Å². The minimum Gasteiger partial charge on any atom is -0.303 e. The van der Waals surface area contributed by atoms with Crippen molar-refractivity contribution in [3.05, 3.63) is 70.8 Å². The molecular formula is C24H26ClNO2. The van der Waals surface area contributed by atoms with E-state index in [1.807, 2.05) is 0 Å². The first-order valence-electron chi connectivity index (χ1n) is 10.3. The summed E-state index contributed by atoms with van der Waals surface area (Å²) in [6.07, 6.45) is 5.03. The monoisotopic (exact) mass is 395 g/mol. The Morgan fingerprint density at radius 3 is 2.50 bits per heavy atom. The van der Waals surface area contributed by atoms with Gasteiger partial charge in [0.2, 0.25) is 0 Å². The number of rotatable bonds is 5. The Bertz CT molecular complexity index is 856. The SMILES string of the molecule is O=C(Cl)c1ccc2c(c1)CCC(CCN1CCC(c3ccccc3)CC1)C2=O. The van der Waals surface area contributed by atoms with Gasteiger partial charge in [-0.15, -0.1) is 0 Å². The Kier molecular flexibility index (Phi) is 5.93. The van der Waals surface area contributed by atoms with Gasteiger partial charge in [-0.1, -0.05) is 36.4 Å². The number of ketones is 1. The predicted octanol–water partition coefficient (Wildman–Crippen LogP) is 5.08. The molecule has 1 atom stereocenters. The molecule has 0 saturated carbocycles. The molecule has 1 aliphatic heterocycles. The van der Waals surface area contributed by atoms with E-state index in [1.165, 1.54) is 18.4 Å². The van der Waals surface area contributed by atoms with Gasteiger partial charge in [0.1, 0.15) is 0 Å². The molecule has 2 aromatic carbocycles. The van der Waals surface area contributed by atoms with Crippen LogP contribution in [-0.2, 0) is 6.42 Å². The van der Waals surface area contributed by atoms with Gasteiger partial charge in [0.15, 0.2) is 5.78 Å². The summed E-state index contributed by atoms with van der Waals surface area (Å²) in [5.74, 6) is 0.991. The highest BCUT2D eigenvalue weighted by Crippen LogP contribution is 2.31. The summed E-state index contributed by atoms with van der Waals surface area (Å²) in [7, 11) is 0. The maximum atomic E-state index is 12.9. The van der Waals surface area contributed by atoms with Crippen molar-refractivity contribution in [3.63, 3.8) is 0 Å². The van der Waals surface area contributed by atoms with Gasteiger partial charge in [0.25, 0.3) is 5.24 Å². The van der Waals surface area contributed by atoms with E-state index in [-0.39, 0.29) is 11.7 Å². The average Bonchev–Trinajstić information content (AvgIpc) is 2.74. The van der Waals surface area contributed by atoms with Crippen molar-refractivity contribution in [2.24, 2.45) is 5.92 Å². The van der Waals surface area contributed by atoms with Crippen LogP contribution < -0.4 is 0 Å². The molecule has 3 nitrogen and oxygen atoms in total. The summed E-state index contributed by atoms with van der Waals surface area (Å²) in [4.78, 5) is 26.7. The molecule has 146 valence electrons. The molecule has 28 heavy (non-hydrogen) atoms. The van der Waals surface area contributed by atoms with Crippen LogP contribution in [0.2, 0.25) is 0 Å². The highest BCUT2D eigenvalue weighted by Gasteiger charge is 2.29. The number of likely N-dealkylation sites (tertiary alicyclic amines) is 1. The third-order valence-corrected chi connectivity index (χ3v) is 6.60. The summed E-state index contributed by atoms with van der Waals surface area (Å²) in [6.45, 7) is 3.21. The molecule has 1 aliphatic carbocycles. The van der Waals surface area contributed by atoms with Gasteiger partial charge in [-0.3, -0.25) is 9.59 Å². The molecular weight excluding hydrogens is 370 g/mol. The first kappa shape index (κ1) is 19.4. The highest BCUT2D eigenvalue weighted by molar-refractivity contribution is 6.67. The van der Waals surface area contributed by atoms with Crippen LogP contribution in [0.15, 0.2) is 48.5 Å². The van der Waals surface area contributed by atoms with E-state index in [1.54, 1.807) is 18.2 Å². The second-order valence-electron chi connectivity index (χ2n) is 8.06. The second-order valence-corrected chi connectivity index (χ2v) is 8.40. The number of carbonyl (C=O) groups excluding carboxylic acids is 2. The smallest absolute Gasteiger partial charge is 0.252 e. The number of hydrogen-bond donors (Lipinski definition) is 0. The number of aryl methyl sites for hydroxylation is 1. The van der Waals surface area contributed by atoms with Crippen molar-refractivity contribution in [3.8, 4) is 0 Å². The number of fused-ring (bicyclic) bond motifs is 1. The van der Waals surface area contributed by atoms with E-state index >= 15 is 0 Å². The second kappa shape index (κ2) is 8.59. The van der Waals surface area contributed by atoms with Gasteiger partial charge in [-0.05, 0) is 92.5 Å². The Hall–Kier alpha value is -1.97. The first-order chi connectivity index (χ1) is 13.6. The van der Waals surface area contributed by atoms with Crippen LogP contribution in [0.3, 0.4) is 0 Å². The fourth-order valence-corrected chi connectivity index (χ4v) is 4.79. The molecule has 4 heteroatoms. The van der Waals surface area contributed by atoms with Crippen LogP contribution in [0.25, 0.3) is 0 Å². The van der Waals surface area contributed by atoms with Crippen molar-refractivity contribution in [1.82, 2.24) is 4.90 Å². The Labute approximate surface area is 171 Å². The van der Waals surface area contributed by atoms with Gasteiger partial charge in [-0.2, -0.15) is 0 Å². The predicted molar refractivity (Wildman–Crippen MR) is 112 cm³/mol. The van der Waals surface area contributed by atoms with Crippen LogP contribution >= 0.6 is 11.6 Å². The van der Waals surface area contributed by atoms with Crippen molar-refractivity contribution in [1.29, 1.82) is 0 Å². The molecule has 2 aromatic rings. The fraction of sp³-hybridized carbons (Fsp3) is 0.417. The van der Waals surface area contributed by atoms with Crippen molar-refractivity contribution in [2.45, 2.75) is 38.0 Å². The highest BCUT2D eigenvalue weighted by atomic mass is 35.5. The molecule has 1 heterocycles. The van der Waals surface area contributed by atoms with E-state index < -0.39 is 5.24 Å². The van der Waals surface area contributed by atoms with Crippen LogP contribution in [0, 0.1) is 5.92 Å². The van der Waals surface area contributed by atoms with E-state index in [0.717, 1.165) is 50.0 Å². The summed E-state index contributed by atoms with van der Waals surface area (Å²) < 4.78 is 0. The lowest BCUT2D eigenvalue weighted by atomic mass is 9.80. The zero-order valence-electron chi connectivity index (χ0n) is 16.1. The summed E-state index contributed by atoms with van der Waals surface area (Å²) >= 11 is 5.57. The van der Waals surface area contributed by atoms with Gasteiger partial charge < -0.3 is 4.90 Å². The van der Waals surface area contributed by atoms with Crippen LogP contribution in [0.4, 0.5) is 0 Å². The van der Waals surface area contributed by atoms with E-state index in [0.29, 0.717) is 11.5 Å². The quantitative estimate of drug-likeness (QED) is 0.662. The maximum Gasteiger partial charge on any atom is 0.252 e. The zero-order valence-corrected chi connectivity index (χ0v) is 16.8. The molecule has 0 radical (unpaired) electrons. The molecule has 0 amide bonds. The minimum absolute atomic E-state index is 0.0944. The number of carbonyl (C=O) groups is 2. The third kappa shape index (κ3) is 4.21. The topological polar surface area (TPSA) is 37.4 Å². The molecule has 1 fully saturated rings. The first-order valence-corrected chi connectivity index (χ1v) is 10.6. The molecule has 0 N–H and O–H groups in total. The fourth-order valence-electron chi connectivity index (χ4n) is 4.67. The standard InChI is InChI=1S/C24H26ClNO2/c25-24(28)21-8-9-22-20(16-21)7-6-19(23(22)27)12-15-26-13-10-18(11-14-26)17-4-2-1-3-5-17/h1-5,8-9,16,18-19H,6-7,10-15H2. The van der Waals surface area contributed by atoms with Crippen molar-refractivity contribution < 1.29 is 9.59 Å². The molecule has 0 bridgehead atoms. The number of Topliss-reactive ketones (excluding diaryl/α,β-unsaturated/α-hetero) is 1. The molecule has 1 unspecified atom stereocenters. The Balaban J connectivity index is 1.30. The van der Waals surface area contributed by atoms with E-state index in [4.69, 9.17) is 11.6 Å². The number of halogens is 1. The van der Waals surface area contributed by atoms with Crippen molar-refractivity contribution >= 4 is 22.6 Å². The zero-order chi connectivity index (χ0) is 19.5. The van der Waals surface area contributed by atoms with E-state index in [2.05, 4.69) is 35.2 Å². The lowest BCUT2D eigenvalue weighted by Gasteiger charge is -2.33. The largest absolute Gasteiger partial charge is 0.303 e. The minimum atomic E-state index is -0.462. The van der Waals surface area contributed by atoms with Crippen LogP contribution in [0.5, 0.6) is 0 Å². The molecule has 2 aliphatic rings. The number of nitrogens with zero attached hydrogens (tertiary/aromatic N) is 1. The third-order valence-electron chi connectivity index (χ3n) is 6.38. The Morgan fingerprint density at radius 2 is 1.79 bits per heavy atom. The van der Waals surface area contributed by atoms with Gasteiger partial charge >= 0.3 is 0 Å². The van der Waals surface area contributed by atoms with Gasteiger partial charge in [0, 0.05) is 17.0 Å². The summed E-state index contributed by atoms with van der Waals surface area (Å²) in [6, 6.07) is 16.0. The Morgan fingerprint density at radius 1 is 1.04 bits per heavy atom. The lowest BCUT2D eigenvalue weighted by Crippen LogP contribution is -2.35. The molecule has 0 aromatic heterocycles. The molecule has 0 spiro atoms. The maximum absolute atomic E-state index is 12.9. The lowest BCUT2D eigenvalue weighted by molar-refractivity contribution is 0.0876. The average molecular weight is 396 g/mol. The van der Waals surface area contributed by atoms with E-state index in [9.17, 15) is 9.59 Å². The normalized spacial score (nSPS) is 20.8. The van der Waals surface area contributed by atoms with Crippen LogP contribution in [0.1, 0.15) is 63.4 Å².